The summed E-state index contributed by atoms with van der Waals surface area (Å²) in [5.74, 6) is -0.556. The lowest BCUT2D eigenvalue weighted by Crippen LogP contribution is -2.13. The standard InChI is InChI=1S/C11H12BrNO5/c1-7(2-3-11(14)15)18-10-5-8(12)4-9(6-10)13(16)17/h4-7H,2-3H2,1H3,(H,14,15). The Morgan fingerprint density at radius 3 is 2.78 bits per heavy atom. The maximum Gasteiger partial charge on any atom is 0.303 e. The number of aliphatic carboxylic acids is 1. The second kappa shape index (κ2) is 6.34. The Morgan fingerprint density at radius 1 is 1.56 bits per heavy atom. The molecule has 0 spiro atoms. The van der Waals surface area contributed by atoms with Crippen molar-refractivity contribution in [3.63, 3.8) is 0 Å². The van der Waals surface area contributed by atoms with E-state index in [9.17, 15) is 14.9 Å². The normalized spacial score (nSPS) is 11.9. The maximum atomic E-state index is 10.7. The quantitative estimate of drug-likeness (QED) is 0.643. The van der Waals surface area contributed by atoms with Gasteiger partial charge in [0.2, 0.25) is 0 Å². The number of carboxylic acid groups (broad SMARTS) is 1. The van der Waals surface area contributed by atoms with E-state index in [4.69, 9.17) is 9.84 Å². The molecule has 6 nitrogen and oxygen atoms in total. The van der Waals surface area contributed by atoms with Gasteiger partial charge in [0.15, 0.2) is 0 Å². The van der Waals surface area contributed by atoms with Crippen molar-refractivity contribution in [2.24, 2.45) is 0 Å². The lowest BCUT2D eigenvalue weighted by molar-refractivity contribution is -0.385. The number of carboxylic acids is 1. The largest absolute Gasteiger partial charge is 0.490 e. The summed E-state index contributed by atoms with van der Waals surface area (Å²) in [7, 11) is 0. The van der Waals surface area contributed by atoms with Crippen molar-refractivity contribution in [2.45, 2.75) is 25.9 Å². The first-order valence-electron chi connectivity index (χ1n) is 5.22. The van der Waals surface area contributed by atoms with E-state index in [1.807, 2.05) is 0 Å². The summed E-state index contributed by atoms with van der Waals surface area (Å²) < 4.78 is 5.98. The van der Waals surface area contributed by atoms with Gasteiger partial charge in [-0.1, -0.05) is 15.9 Å². The van der Waals surface area contributed by atoms with Gasteiger partial charge in [0.25, 0.3) is 5.69 Å². The molecular weight excluding hydrogens is 306 g/mol. The zero-order chi connectivity index (χ0) is 13.7. The molecule has 0 radical (unpaired) electrons. The lowest BCUT2D eigenvalue weighted by atomic mass is 10.2. The number of non-ortho nitro benzene ring substituents is 1. The van der Waals surface area contributed by atoms with Gasteiger partial charge in [-0.2, -0.15) is 0 Å². The molecule has 0 saturated carbocycles. The fraction of sp³-hybridized carbons (Fsp3) is 0.364. The average molecular weight is 318 g/mol. The molecule has 0 aliphatic carbocycles. The maximum absolute atomic E-state index is 10.7. The Morgan fingerprint density at radius 2 is 2.22 bits per heavy atom. The third kappa shape index (κ3) is 4.70. The van der Waals surface area contributed by atoms with E-state index in [0.717, 1.165) is 0 Å². The van der Waals surface area contributed by atoms with Crippen LogP contribution >= 0.6 is 15.9 Å². The number of ether oxygens (including phenoxy) is 1. The molecular formula is C11H12BrNO5. The first kappa shape index (κ1) is 14.4. The van der Waals surface area contributed by atoms with Gasteiger partial charge < -0.3 is 9.84 Å². The number of rotatable bonds is 6. The van der Waals surface area contributed by atoms with E-state index in [1.54, 1.807) is 13.0 Å². The summed E-state index contributed by atoms with van der Waals surface area (Å²) >= 11 is 3.15. The molecule has 0 heterocycles. The molecule has 18 heavy (non-hydrogen) atoms. The van der Waals surface area contributed by atoms with Crippen molar-refractivity contribution in [3.8, 4) is 5.75 Å². The van der Waals surface area contributed by atoms with Crippen molar-refractivity contribution in [1.82, 2.24) is 0 Å². The summed E-state index contributed by atoms with van der Waals surface area (Å²) in [6.07, 6.45) is 0.0161. The minimum atomic E-state index is -0.898. The molecule has 1 unspecified atom stereocenters. The van der Waals surface area contributed by atoms with E-state index in [1.165, 1.54) is 12.1 Å². The van der Waals surface area contributed by atoms with Crippen molar-refractivity contribution in [2.75, 3.05) is 0 Å². The van der Waals surface area contributed by atoms with Crippen LogP contribution in [0.1, 0.15) is 19.8 Å². The SMILES string of the molecule is CC(CCC(=O)O)Oc1cc(Br)cc([N+](=O)[O-])c1. The van der Waals surface area contributed by atoms with E-state index in [0.29, 0.717) is 16.6 Å². The van der Waals surface area contributed by atoms with Gasteiger partial charge in [-0.05, 0) is 19.4 Å². The van der Waals surface area contributed by atoms with Crippen LogP contribution in [0.3, 0.4) is 0 Å². The molecule has 1 rings (SSSR count). The molecule has 98 valence electrons. The van der Waals surface area contributed by atoms with Gasteiger partial charge in [-0.25, -0.2) is 0 Å². The Bertz CT molecular complexity index is 463. The summed E-state index contributed by atoms with van der Waals surface area (Å²) in [4.78, 5) is 20.5. The number of nitrogens with zero attached hydrogens (tertiary/aromatic N) is 1. The van der Waals surface area contributed by atoms with Gasteiger partial charge in [0.1, 0.15) is 5.75 Å². The second-order valence-electron chi connectivity index (χ2n) is 3.76. The van der Waals surface area contributed by atoms with Crippen molar-refractivity contribution < 1.29 is 19.6 Å². The number of nitro groups is 1. The Labute approximate surface area is 112 Å². The highest BCUT2D eigenvalue weighted by molar-refractivity contribution is 9.10. The predicted molar refractivity (Wildman–Crippen MR) is 67.8 cm³/mol. The molecule has 0 saturated heterocycles. The molecule has 0 amide bonds. The number of hydrogen-bond acceptors (Lipinski definition) is 4. The molecule has 1 N–H and O–H groups in total. The highest BCUT2D eigenvalue weighted by Gasteiger charge is 2.12. The zero-order valence-corrected chi connectivity index (χ0v) is 11.2. The molecule has 1 aromatic rings. The van der Waals surface area contributed by atoms with E-state index in [-0.39, 0.29) is 18.2 Å². The molecule has 1 aromatic carbocycles. The molecule has 0 aliphatic heterocycles. The van der Waals surface area contributed by atoms with Crippen LogP contribution in [0, 0.1) is 10.1 Å². The van der Waals surface area contributed by atoms with Crippen LogP contribution in [0.5, 0.6) is 5.75 Å². The molecule has 0 aliphatic rings. The van der Waals surface area contributed by atoms with Gasteiger partial charge in [0, 0.05) is 17.0 Å². The number of hydrogen-bond donors (Lipinski definition) is 1. The average Bonchev–Trinajstić information content (AvgIpc) is 2.25. The number of benzene rings is 1. The van der Waals surface area contributed by atoms with E-state index in [2.05, 4.69) is 15.9 Å². The minimum Gasteiger partial charge on any atom is -0.490 e. The Hall–Kier alpha value is -1.63. The Balaban J connectivity index is 2.72. The molecule has 1 atom stereocenters. The molecule has 0 bridgehead atoms. The fourth-order valence-electron chi connectivity index (χ4n) is 1.34. The first-order chi connectivity index (χ1) is 8.38. The molecule has 7 heteroatoms. The summed E-state index contributed by atoms with van der Waals surface area (Å²) in [6.45, 7) is 1.72. The summed E-state index contributed by atoms with van der Waals surface area (Å²) in [5, 5.41) is 19.2. The molecule has 0 aromatic heterocycles. The van der Waals surface area contributed by atoms with Crippen LogP contribution in [-0.4, -0.2) is 22.1 Å². The number of nitro benzene ring substituents is 1. The first-order valence-corrected chi connectivity index (χ1v) is 6.01. The topological polar surface area (TPSA) is 89.7 Å². The van der Waals surface area contributed by atoms with Crippen LogP contribution in [0.4, 0.5) is 5.69 Å². The van der Waals surface area contributed by atoms with E-state index < -0.39 is 10.9 Å². The predicted octanol–water partition coefficient (Wildman–Crippen LogP) is 2.99. The van der Waals surface area contributed by atoms with Gasteiger partial charge in [0.05, 0.1) is 17.1 Å². The smallest absolute Gasteiger partial charge is 0.303 e. The van der Waals surface area contributed by atoms with Crippen molar-refractivity contribution >= 4 is 27.6 Å². The highest BCUT2D eigenvalue weighted by atomic mass is 79.9. The second-order valence-corrected chi connectivity index (χ2v) is 4.68. The van der Waals surface area contributed by atoms with Crippen molar-refractivity contribution in [1.29, 1.82) is 0 Å². The van der Waals surface area contributed by atoms with Crippen LogP contribution in [0.2, 0.25) is 0 Å². The monoisotopic (exact) mass is 317 g/mol. The lowest BCUT2D eigenvalue weighted by Gasteiger charge is -2.13. The van der Waals surface area contributed by atoms with Gasteiger partial charge in [-0.3, -0.25) is 14.9 Å². The third-order valence-corrected chi connectivity index (χ3v) is 2.63. The van der Waals surface area contributed by atoms with Gasteiger partial charge >= 0.3 is 5.97 Å². The van der Waals surface area contributed by atoms with Crippen molar-refractivity contribution in [3.05, 3.63) is 32.8 Å². The van der Waals surface area contributed by atoms with Crippen LogP contribution in [-0.2, 0) is 4.79 Å². The van der Waals surface area contributed by atoms with Crippen LogP contribution in [0.25, 0.3) is 0 Å². The fourth-order valence-corrected chi connectivity index (χ4v) is 1.80. The van der Waals surface area contributed by atoms with Crippen LogP contribution in [0.15, 0.2) is 22.7 Å². The third-order valence-electron chi connectivity index (χ3n) is 2.17. The summed E-state index contributed by atoms with van der Waals surface area (Å²) in [5.41, 5.74) is -0.0789. The van der Waals surface area contributed by atoms with E-state index >= 15 is 0 Å². The van der Waals surface area contributed by atoms with Gasteiger partial charge in [-0.15, -0.1) is 0 Å². The summed E-state index contributed by atoms with van der Waals surface area (Å²) in [6, 6.07) is 4.28. The minimum absolute atomic E-state index is 0.00272. The highest BCUT2D eigenvalue weighted by Crippen LogP contribution is 2.27. The molecule has 0 fully saturated rings. The number of carbonyl (C=O) groups is 1. The zero-order valence-electron chi connectivity index (χ0n) is 9.63. The van der Waals surface area contributed by atoms with Crippen LogP contribution < -0.4 is 4.74 Å². The number of halogens is 1. The Kier molecular flexibility index (Phi) is 5.08.